The fourth-order valence-corrected chi connectivity index (χ4v) is 1.47. The number of benzene rings is 1. The maximum Gasteiger partial charge on any atom is 0.224 e. The number of hydrogen-bond donors (Lipinski definition) is 1. The molecule has 0 saturated carbocycles. The highest BCUT2D eigenvalue weighted by molar-refractivity contribution is 5.91. The minimum absolute atomic E-state index is 0.162. The highest BCUT2D eigenvalue weighted by Gasteiger charge is 2.22. The van der Waals surface area contributed by atoms with Gasteiger partial charge in [0.15, 0.2) is 0 Å². The van der Waals surface area contributed by atoms with E-state index < -0.39 is 17.5 Å². The molecular formula is C11H11F2NO2. The van der Waals surface area contributed by atoms with Crippen molar-refractivity contribution in [2.45, 2.75) is 6.42 Å². The first kappa shape index (κ1) is 11.0. The normalized spacial score (nSPS) is 15.6. The van der Waals surface area contributed by atoms with E-state index in [1.165, 1.54) is 6.07 Å². The second-order valence-electron chi connectivity index (χ2n) is 3.75. The van der Waals surface area contributed by atoms with E-state index >= 15 is 0 Å². The maximum atomic E-state index is 13.2. The monoisotopic (exact) mass is 227 g/mol. The van der Waals surface area contributed by atoms with E-state index in [1.807, 2.05) is 0 Å². The Morgan fingerprint density at radius 2 is 2.00 bits per heavy atom. The number of ether oxygens (including phenoxy) is 1. The van der Waals surface area contributed by atoms with Crippen LogP contribution in [-0.2, 0) is 9.53 Å². The molecule has 0 bridgehead atoms. The quantitative estimate of drug-likeness (QED) is 0.856. The van der Waals surface area contributed by atoms with E-state index in [0.717, 1.165) is 12.1 Å². The Morgan fingerprint density at radius 3 is 2.50 bits per heavy atom. The molecule has 1 aliphatic heterocycles. The highest BCUT2D eigenvalue weighted by atomic mass is 19.1. The lowest BCUT2D eigenvalue weighted by Crippen LogP contribution is -2.31. The van der Waals surface area contributed by atoms with E-state index in [-0.39, 0.29) is 18.0 Å². The van der Waals surface area contributed by atoms with Crippen molar-refractivity contribution in [1.29, 1.82) is 0 Å². The van der Waals surface area contributed by atoms with Gasteiger partial charge in [-0.3, -0.25) is 4.79 Å². The molecule has 3 nitrogen and oxygen atoms in total. The zero-order valence-electron chi connectivity index (χ0n) is 8.50. The number of amides is 1. The average molecular weight is 227 g/mol. The first-order chi connectivity index (χ1) is 7.66. The SMILES string of the molecule is O=C(CC1COC1)Nc1c(F)cccc1F. The van der Waals surface area contributed by atoms with Gasteiger partial charge >= 0.3 is 0 Å². The van der Waals surface area contributed by atoms with Crippen molar-refractivity contribution in [3.8, 4) is 0 Å². The van der Waals surface area contributed by atoms with Crippen LogP contribution >= 0.6 is 0 Å². The molecule has 2 rings (SSSR count). The minimum atomic E-state index is -0.766. The number of carbonyl (C=O) groups excluding carboxylic acids is 1. The first-order valence-electron chi connectivity index (χ1n) is 4.98. The number of hydrogen-bond acceptors (Lipinski definition) is 2. The lowest BCUT2D eigenvalue weighted by molar-refractivity contribution is -0.121. The first-order valence-corrected chi connectivity index (χ1v) is 4.98. The third-order valence-electron chi connectivity index (χ3n) is 2.41. The largest absolute Gasteiger partial charge is 0.381 e. The van der Waals surface area contributed by atoms with Gasteiger partial charge in [0.05, 0.1) is 13.2 Å². The smallest absolute Gasteiger partial charge is 0.224 e. The van der Waals surface area contributed by atoms with Crippen LogP contribution in [0, 0.1) is 17.6 Å². The highest BCUT2D eigenvalue weighted by Crippen LogP contribution is 2.20. The predicted molar refractivity (Wildman–Crippen MR) is 53.9 cm³/mol. The summed E-state index contributed by atoms with van der Waals surface area (Å²) in [5, 5.41) is 2.23. The van der Waals surface area contributed by atoms with Gasteiger partial charge < -0.3 is 10.1 Å². The summed E-state index contributed by atoms with van der Waals surface area (Å²) in [4.78, 5) is 11.4. The Bertz CT molecular complexity index is 385. The fourth-order valence-electron chi connectivity index (χ4n) is 1.47. The van der Waals surface area contributed by atoms with Gasteiger partial charge in [0, 0.05) is 12.3 Å². The van der Waals surface area contributed by atoms with Crippen LogP contribution in [0.5, 0.6) is 0 Å². The van der Waals surface area contributed by atoms with Crippen molar-refractivity contribution in [2.24, 2.45) is 5.92 Å². The number of para-hydroxylation sites is 1. The summed E-state index contributed by atoms with van der Waals surface area (Å²) in [5.41, 5.74) is -0.382. The summed E-state index contributed by atoms with van der Waals surface area (Å²) in [6.45, 7) is 1.07. The second kappa shape index (κ2) is 4.57. The average Bonchev–Trinajstić information content (AvgIpc) is 2.18. The molecule has 1 N–H and O–H groups in total. The Labute approximate surface area is 91.4 Å². The number of halogens is 2. The molecule has 1 saturated heterocycles. The molecule has 86 valence electrons. The molecule has 0 unspecified atom stereocenters. The van der Waals surface area contributed by atoms with Crippen molar-refractivity contribution in [3.05, 3.63) is 29.8 Å². The summed E-state index contributed by atoms with van der Waals surface area (Å²) >= 11 is 0. The molecule has 0 aliphatic carbocycles. The van der Waals surface area contributed by atoms with Gasteiger partial charge in [-0.25, -0.2) is 8.78 Å². The van der Waals surface area contributed by atoms with Gasteiger partial charge in [-0.1, -0.05) is 6.07 Å². The zero-order valence-corrected chi connectivity index (χ0v) is 8.50. The topological polar surface area (TPSA) is 38.3 Å². The van der Waals surface area contributed by atoms with Crippen molar-refractivity contribution < 1.29 is 18.3 Å². The standard InChI is InChI=1S/C11H11F2NO2/c12-8-2-1-3-9(13)11(8)14-10(15)4-7-5-16-6-7/h1-3,7H,4-6H2,(H,14,15). The van der Waals surface area contributed by atoms with Crippen LogP contribution in [0.2, 0.25) is 0 Å². The molecule has 0 spiro atoms. The number of anilines is 1. The van der Waals surface area contributed by atoms with Crippen molar-refractivity contribution in [1.82, 2.24) is 0 Å². The summed E-state index contributed by atoms with van der Waals surface area (Å²) in [5.74, 6) is -1.76. The second-order valence-corrected chi connectivity index (χ2v) is 3.75. The van der Waals surface area contributed by atoms with Gasteiger partial charge in [0.25, 0.3) is 0 Å². The van der Waals surface area contributed by atoms with E-state index in [1.54, 1.807) is 0 Å². The maximum absolute atomic E-state index is 13.2. The van der Waals surface area contributed by atoms with Crippen molar-refractivity contribution >= 4 is 11.6 Å². The zero-order chi connectivity index (χ0) is 11.5. The molecular weight excluding hydrogens is 216 g/mol. The van der Waals surface area contributed by atoms with Crippen LogP contribution in [-0.4, -0.2) is 19.1 Å². The Kier molecular flexibility index (Phi) is 3.14. The van der Waals surface area contributed by atoms with Gasteiger partial charge in [-0.05, 0) is 12.1 Å². The van der Waals surface area contributed by atoms with E-state index in [0.29, 0.717) is 13.2 Å². The summed E-state index contributed by atoms with van der Waals surface area (Å²) in [6, 6.07) is 3.45. The van der Waals surface area contributed by atoms with Crippen molar-refractivity contribution in [2.75, 3.05) is 18.5 Å². The third-order valence-corrected chi connectivity index (χ3v) is 2.41. The molecule has 16 heavy (non-hydrogen) atoms. The number of rotatable bonds is 3. The molecule has 0 aromatic heterocycles. The number of nitrogens with one attached hydrogen (secondary N) is 1. The van der Waals surface area contributed by atoms with Gasteiger partial charge in [0.2, 0.25) is 5.91 Å². The molecule has 1 amide bonds. The molecule has 1 aromatic rings. The molecule has 1 aliphatic rings. The van der Waals surface area contributed by atoms with Crippen LogP contribution in [0.25, 0.3) is 0 Å². The van der Waals surface area contributed by atoms with Gasteiger partial charge in [0.1, 0.15) is 17.3 Å². The summed E-state index contributed by atoms with van der Waals surface area (Å²) in [6.07, 6.45) is 0.230. The Balaban J connectivity index is 1.99. The molecule has 0 atom stereocenters. The van der Waals surface area contributed by atoms with E-state index in [4.69, 9.17) is 4.74 Å². The van der Waals surface area contributed by atoms with Gasteiger partial charge in [-0.15, -0.1) is 0 Å². The van der Waals surface area contributed by atoms with Crippen LogP contribution < -0.4 is 5.32 Å². The van der Waals surface area contributed by atoms with Crippen LogP contribution in [0.3, 0.4) is 0 Å². The number of carbonyl (C=O) groups is 1. The molecule has 1 fully saturated rings. The van der Waals surface area contributed by atoms with Crippen molar-refractivity contribution in [3.63, 3.8) is 0 Å². The van der Waals surface area contributed by atoms with E-state index in [2.05, 4.69) is 5.32 Å². The van der Waals surface area contributed by atoms with Crippen LogP contribution in [0.15, 0.2) is 18.2 Å². The van der Waals surface area contributed by atoms with E-state index in [9.17, 15) is 13.6 Å². The minimum Gasteiger partial charge on any atom is -0.381 e. The molecule has 5 heteroatoms. The van der Waals surface area contributed by atoms with Gasteiger partial charge in [-0.2, -0.15) is 0 Å². The van der Waals surface area contributed by atoms with Crippen LogP contribution in [0.4, 0.5) is 14.5 Å². The lowest BCUT2D eigenvalue weighted by Gasteiger charge is -2.25. The Hall–Kier alpha value is -1.49. The van der Waals surface area contributed by atoms with Crippen LogP contribution in [0.1, 0.15) is 6.42 Å². The fraction of sp³-hybridized carbons (Fsp3) is 0.364. The summed E-state index contributed by atoms with van der Waals surface area (Å²) in [7, 11) is 0. The third kappa shape index (κ3) is 2.36. The lowest BCUT2D eigenvalue weighted by atomic mass is 10.0. The Morgan fingerprint density at radius 1 is 1.38 bits per heavy atom. The molecule has 1 heterocycles. The predicted octanol–water partition coefficient (Wildman–Crippen LogP) is 1.94. The summed E-state index contributed by atoms with van der Waals surface area (Å²) < 4.78 is 31.2. The molecule has 0 radical (unpaired) electrons. The molecule has 1 aromatic carbocycles.